The number of allylic oxidation sites excluding steroid dienone is 3. The first-order chi connectivity index (χ1) is 15.1. The molecule has 0 unspecified atom stereocenters. The molecule has 0 bridgehead atoms. The standard InChI is InChI=1S/C27H35FO3/c1-3-5-7-8-9-10-11-20-12-14-21(15-13-20)24-19-22-16-17-23(30-18-6-4-2)26(28)25(22)27(29)31-24/h3,8-9,16-17,19-21H,1,4-7,10-15,18H2,2H3/b9-8+. The summed E-state index contributed by atoms with van der Waals surface area (Å²) in [7, 11) is 0. The predicted molar refractivity (Wildman–Crippen MR) is 125 cm³/mol. The molecule has 0 aliphatic heterocycles. The molecule has 0 radical (unpaired) electrons. The van der Waals surface area contributed by atoms with Crippen LogP contribution in [-0.2, 0) is 0 Å². The van der Waals surface area contributed by atoms with E-state index in [0.29, 0.717) is 17.8 Å². The van der Waals surface area contributed by atoms with E-state index in [0.717, 1.165) is 63.7 Å². The van der Waals surface area contributed by atoms with Crippen LogP contribution in [0.25, 0.3) is 10.8 Å². The van der Waals surface area contributed by atoms with Gasteiger partial charge in [0.2, 0.25) is 0 Å². The lowest BCUT2D eigenvalue weighted by Crippen LogP contribution is -2.15. The third kappa shape index (κ3) is 6.32. The quantitative estimate of drug-likeness (QED) is 0.273. The number of ether oxygens (including phenoxy) is 1. The summed E-state index contributed by atoms with van der Waals surface area (Å²) in [5.41, 5.74) is -0.599. The Morgan fingerprint density at radius 2 is 1.94 bits per heavy atom. The summed E-state index contributed by atoms with van der Waals surface area (Å²) in [5.74, 6) is 1.17. The normalized spacial score (nSPS) is 19.2. The van der Waals surface area contributed by atoms with Gasteiger partial charge in [-0.25, -0.2) is 9.18 Å². The number of halogens is 1. The van der Waals surface area contributed by atoms with Gasteiger partial charge < -0.3 is 9.15 Å². The van der Waals surface area contributed by atoms with Crippen molar-refractivity contribution in [2.45, 2.75) is 77.0 Å². The van der Waals surface area contributed by atoms with Crippen LogP contribution >= 0.6 is 0 Å². The summed E-state index contributed by atoms with van der Waals surface area (Å²) in [6, 6.07) is 5.24. The Kier molecular flexibility index (Phi) is 8.93. The van der Waals surface area contributed by atoms with Crippen molar-refractivity contribution in [1.82, 2.24) is 0 Å². The molecule has 1 aliphatic rings. The zero-order chi connectivity index (χ0) is 22.1. The molecule has 1 aromatic heterocycles. The van der Waals surface area contributed by atoms with Crippen LogP contribution in [0.4, 0.5) is 4.39 Å². The number of hydrogen-bond donors (Lipinski definition) is 0. The average molecular weight is 427 g/mol. The number of fused-ring (bicyclic) bond motifs is 1. The second-order valence-corrected chi connectivity index (χ2v) is 8.61. The zero-order valence-corrected chi connectivity index (χ0v) is 18.7. The van der Waals surface area contributed by atoms with Crippen molar-refractivity contribution < 1.29 is 13.5 Å². The van der Waals surface area contributed by atoms with Crippen molar-refractivity contribution in [2.24, 2.45) is 5.92 Å². The van der Waals surface area contributed by atoms with Crippen molar-refractivity contribution in [3.8, 4) is 5.75 Å². The fourth-order valence-corrected chi connectivity index (χ4v) is 4.40. The molecule has 0 atom stereocenters. The molecule has 1 heterocycles. The minimum Gasteiger partial charge on any atom is -0.490 e. The van der Waals surface area contributed by atoms with Crippen molar-refractivity contribution in [1.29, 1.82) is 0 Å². The van der Waals surface area contributed by atoms with Gasteiger partial charge >= 0.3 is 5.63 Å². The molecule has 1 aliphatic carbocycles. The van der Waals surface area contributed by atoms with E-state index >= 15 is 0 Å². The maximum absolute atomic E-state index is 14.8. The van der Waals surface area contributed by atoms with E-state index in [-0.39, 0.29) is 17.1 Å². The summed E-state index contributed by atoms with van der Waals surface area (Å²) >= 11 is 0. The highest BCUT2D eigenvalue weighted by Crippen LogP contribution is 2.38. The second-order valence-electron chi connectivity index (χ2n) is 8.61. The highest BCUT2D eigenvalue weighted by molar-refractivity contribution is 5.83. The number of benzene rings is 1. The minimum atomic E-state index is -0.612. The van der Waals surface area contributed by atoms with Crippen LogP contribution in [0.5, 0.6) is 5.75 Å². The smallest absolute Gasteiger partial charge is 0.346 e. The van der Waals surface area contributed by atoms with Crippen molar-refractivity contribution in [3.63, 3.8) is 0 Å². The SMILES string of the molecule is C=CCC/C=C/CCC1CCC(c2cc3ccc(OCCCC)c(F)c3c(=O)o2)CC1. The van der Waals surface area contributed by atoms with E-state index in [1.165, 1.54) is 6.42 Å². The molecule has 1 fully saturated rings. The van der Waals surface area contributed by atoms with Gasteiger partial charge in [-0.2, -0.15) is 0 Å². The number of rotatable bonds is 11. The molecule has 0 N–H and O–H groups in total. The Labute approximate surface area is 185 Å². The monoisotopic (exact) mass is 426 g/mol. The fourth-order valence-electron chi connectivity index (χ4n) is 4.40. The van der Waals surface area contributed by atoms with Crippen LogP contribution < -0.4 is 10.4 Å². The van der Waals surface area contributed by atoms with E-state index in [9.17, 15) is 9.18 Å². The third-order valence-electron chi connectivity index (χ3n) is 6.30. The first kappa shape index (κ1) is 23.3. The molecule has 0 spiro atoms. The first-order valence-electron chi connectivity index (χ1n) is 11.8. The molecule has 2 aromatic rings. The van der Waals surface area contributed by atoms with Crippen molar-refractivity contribution in [3.05, 3.63) is 65.0 Å². The van der Waals surface area contributed by atoms with Gasteiger partial charge in [0, 0.05) is 5.92 Å². The Balaban J connectivity index is 1.61. The van der Waals surface area contributed by atoms with Crippen LogP contribution in [0, 0.1) is 11.7 Å². The molecular formula is C27H35FO3. The third-order valence-corrected chi connectivity index (χ3v) is 6.30. The van der Waals surface area contributed by atoms with E-state index in [1.54, 1.807) is 12.1 Å². The second kappa shape index (κ2) is 11.9. The Bertz CT molecular complexity index is 935. The van der Waals surface area contributed by atoms with Gasteiger partial charge in [0.1, 0.15) is 11.1 Å². The van der Waals surface area contributed by atoms with Gasteiger partial charge in [0.15, 0.2) is 11.6 Å². The maximum Gasteiger partial charge on any atom is 0.346 e. The molecule has 1 aromatic carbocycles. The molecule has 3 rings (SSSR count). The van der Waals surface area contributed by atoms with Crippen LogP contribution in [-0.4, -0.2) is 6.61 Å². The summed E-state index contributed by atoms with van der Waals surface area (Å²) < 4.78 is 25.9. The Hall–Kier alpha value is -2.36. The number of unbranched alkanes of at least 4 members (excludes halogenated alkanes) is 2. The predicted octanol–water partition coefficient (Wildman–Crippen LogP) is 7.69. The van der Waals surface area contributed by atoms with Crippen LogP contribution in [0.15, 0.2) is 52.2 Å². The van der Waals surface area contributed by atoms with Gasteiger partial charge in [0.25, 0.3) is 0 Å². The number of hydrogen-bond acceptors (Lipinski definition) is 3. The molecule has 31 heavy (non-hydrogen) atoms. The summed E-state index contributed by atoms with van der Waals surface area (Å²) in [6.45, 7) is 6.23. The lowest BCUT2D eigenvalue weighted by atomic mass is 9.79. The minimum absolute atomic E-state index is 0.00493. The Morgan fingerprint density at radius 1 is 1.16 bits per heavy atom. The molecule has 4 heteroatoms. The van der Waals surface area contributed by atoms with Crippen molar-refractivity contribution in [2.75, 3.05) is 6.61 Å². The fraction of sp³-hybridized carbons (Fsp3) is 0.519. The first-order valence-corrected chi connectivity index (χ1v) is 11.8. The average Bonchev–Trinajstić information content (AvgIpc) is 2.78. The van der Waals surface area contributed by atoms with Crippen LogP contribution in [0.3, 0.4) is 0 Å². The van der Waals surface area contributed by atoms with Gasteiger partial charge in [-0.1, -0.05) is 37.6 Å². The molecule has 0 saturated heterocycles. The van der Waals surface area contributed by atoms with Gasteiger partial charge in [-0.05, 0) is 81.2 Å². The summed E-state index contributed by atoms with van der Waals surface area (Å²) in [4.78, 5) is 12.6. The van der Waals surface area contributed by atoms with E-state index in [2.05, 4.69) is 18.7 Å². The lowest BCUT2D eigenvalue weighted by molar-refractivity contribution is 0.281. The molecule has 0 amide bonds. The summed E-state index contributed by atoms with van der Waals surface area (Å²) in [5, 5.41) is 0.591. The largest absolute Gasteiger partial charge is 0.490 e. The van der Waals surface area contributed by atoms with E-state index in [1.807, 2.05) is 19.1 Å². The zero-order valence-electron chi connectivity index (χ0n) is 18.7. The van der Waals surface area contributed by atoms with E-state index < -0.39 is 11.4 Å². The Morgan fingerprint density at radius 3 is 2.68 bits per heavy atom. The van der Waals surface area contributed by atoms with E-state index in [4.69, 9.17) is 9.15 Å². The lowest BCUT2D eigenvalue weighted by Gasteiger charge is -2.27. The van der Waals surface area contributed by atoms with Gasteiger partial charge in [-0.15, -0.1) is 6.58 Å². The maximum atomic E-state index is 14.8. The molecule has 168 valence electrons. The van der Waals surface area contributed by atoms with Crippen LogP contribution in [0.1, 0.15) is 82.8 Å². The molecule has 1 saturated carbocycles. The topological polar surface area (TPSA) is 39.4 Å². The summed E-state index contributed by atoms with van der Waals surface area (Å²) in [6.07, 6.45) is 17.1. The van der Waals surface area contributed by atoms with Crippen molar-refractivity contribution >= 4 is 10.8 Å². The molecular weight excluding hydrogens is 391 g/mol. The van der Waals surface area contributed by atoms with Gasteiger partial charge in [-0.3, -0.25) is 0 Å². The van der Waals surface area contributed by atoms with Crippen LogP contribution in [0.2, 0.25) is 0 Å². The highest BCUT2D eigenvalue weighted by atomic mass is 19.1. The van der Waals surface area contributed by atoms with Gasteiger partial charge in [0.05, 0.1) is 6.61 Å². The highest BCUT2D eigenvalue weighted by Gasteiger charge is 2.25. The molecule has 3 nitrogen and oxygen atoms in total.